The lowest BCUT2D eigenvalue weighted by atomic mass is 10.1. The van der Waals surface area contributed by atoms with Crippen LogP contribution in [0.15, 0.2) is 18.2 Å². The molecular formula is C9H11ClFN3O2. The van der Waals surface area contributed by atoms with Crippen molar-refractivity contribution in [2.45, 2.75) is 6.54 Å². The van der Waals surface area contributed by atoms with Crippen LogP contribution in [0.4, 0.5) is 9.18 Å². The molecule has 0 bridgehead atoms. The SMILES string of the molecule is Cl.N=C(OC(N)=O)c1ccc(CN)cc1F. The first-order chi connectivity index (χ1) is 7.04. The molecule has 0 atom stereocenters. The number of primary amides is 1. The Morgan fingerprint density at radius 3 is 2.56 bits per heavy atom. The van der Waals surface area contributed by atoms with Crippen LogP contribution in [-0.4, -0.2) is 12.0 Å². The van der Waals surface area contributed by atoms with Gasteiger partial charge in [0, 0.05) is 6.54 Å². The molecule has 5 N–H and O–H groups in total. The Kier molecular flexibility index (Phi) is 5.41. The van der Waals surface area contributed by atoms with Gasteiger partial charge in [-0.3, -0.25) is 5.41 Å². The van der Waals surface area contributed by atoms with Gasteiger partial charge in [0.2, 0.25) is 5.90 Å². The number of carbonyl (C=O) groups is 1. The minimum absolute atomic E-state index is 0. The van der Waals surface area contributed by atoms with Crippen LogP contribution in [0.3, 0.4) is 0 Å². The number of benzene rings is 1. The van der Waals surface area contributed by atoms with Gasteiger partial charge in [0.1, 0.15) is 5.82 Å². The molecule has 0 aliphatic rings. The van der Waals surface area contributed by atoms with Crippen LogP contribution in [0, 0.1) is 11.2 Å². The maximum absolute atomic E-state index is 13.3. The van der Waals surface area contributed by atoms with E-state index in [0.29, 0.717) is 5.56 Å². The Morgan fingerprint density at radius 2 is 2.12 bits per heavy atom. The maximum atomic E-state index is 13.3. The minimum Gasteiger partial charge on any atom is -0.391 e. The molecular weight excluding hydrogens is 237 g/mol. The molecule has 0 heterocycles. The summed E-state index contributed by atoms with van der Waals surface area (Å²) in [7, 11) is 0. The molecule has 0 aliphatic heterocycles. The summed E-state index contributed by atoms with van der Waals surface area (Å²) in [5.41, 5.74) is 10.4. The summed E-state index contributed by atoms with van der Waals surface area (Å²) < 4.78 is 17.6. The molecule has 88 valence electrons. The van der Waals surface area contributed by atoms with E-state index >= 15 is 0 Å². The summed E-state index contributed by atoms with van der Waals surface area (Å²) in [5, 5.41) is 7.23. The molecule has 7 heteroatoms. The van der Waals surface area contributed by atoms with Crippen molar-refractivity contribution in [1.29, 1.82) is 5.41 Å². The summed E-state index contributed by atoms with van der Waals surface area (Å²) in [6.45, 7) is 0.196. The molecule has 0 saturated heterocycles. The molecule has 0 unspecified atom stereocenters. The molecule has 1 aromatic carbocycles. The molecule has 1 aromatic rings. The molecule has 0 saturated carbocycles. The Labute approximate surface area is 97.5 Å². The second kappa shape index (κ2) is 6.04. The third-order valence-corrected chi connectivity index (χ3v) is 1.72. The lowest BCUT2D eigenvalue weighted by Crippen LogP contribution is -2.19. The summed E-state index contributed by atoms with van der Waals surface area (Å²) in [6.07, 6.45) is -1.15. The molecule has 0 spiro atoms. The lowest BCUT2D eigenvalue weighted by Gasteiger charge is -2.05. The molecule has 16 heavy (non-hydrogen) atoms. The van der Waals surface area contributed by atoms with E-state index < -0.39 is 17.8 Å². The number of rotatable bonds is 2. The van der Waals surface area contributed by atoms with Gasteiger partial charge in [-0.05, 0) is 17.7 Å². The summed E-state index contributed by atoms with van der Waals surface area (Å²) in [4.78, 5) is 10.3. The number of nitrogens with two attached hydrogens (primary N) is 2. The third kappa shape index (κ3) is 3.48. The molecule has 0 aromatic heterocycles. The number of amides is 1. The van der Waals surface area contributed by atoms with Crippen molar-refractivity contribution in [2.24, 2.45) is 11.5 Å². The Balaban J connectivity index is 0.00000225. The van der Waals surface area contributed by atoms with Gasteiger partial charge in [-0.2, -0.15) is 0 Å². The molecule has 1 amide bonds. The van der Waals surface area contributed by atoms with E-state index in [4.69, 9.17) is 16.9 Å². The van der Waals surface area contributed by atoms with Gasteiger partial charge in [-0.15, -0.1) is 12.4 Å². The smallest absolute Gasteiger partial charge is 0.391 e. The highest BCUT2D eigenvalue weighted by atomic mass is 35.5. The first-order valence-electron chi connectivity index (χ1n) is 4.09. The van der Waals surface area contributed by atoms with Gasteiger partial charge in [-0.1, -0.05) is 6.07 Å². The monoisotopic (exact) mass is 247 g/mol. The van der Waals surface area contributed by atoms with E-state index in [0.717, 1.165) is 0 Å². The van der Waals surface area contributed by atoms with Crippen LogP contribution in [0.2, 0.25) is 0 Å². The number of carbonyl (C=O) groups excluding carboxylic acids is 1. The Bertz CT molecular complexity index is 412. The van der Waals surface area contributed by atoms with Gasteiger partial charge >= 0.3 is 6.09 Å². The first kappa shape index (κ1) is 14.3. The van der Waals surface area contributed by atoms with Crippen molar-refractivity contribution >= 4 is 24.4 Å². The second-order valence-corrected chi connectivity index (χ2v) is 2.77. The third-order valence-electron chi connectivity index (χ3n) is 1.72. The van der Waals surface area contributed by atoms with Crippen molar-refractivity contribution in [3.05, 3.63) is 35.1 Å². The highest BCUT2D eigenvalue weighted by molar-refractivity contribution is 5.98. The van der Waals surface area contributed by atoms with E-state index in [2.05, 4.69) is 4.74 Å². The average Bonchev–Trinajstić information content (AvgIpc) is 2.16. The van der Waals surface area contributed by atoms with Crippen molar-refractivity contribution < 1.29 is 13.9 Å². The van der Waals surface area contributed by atoms with Gasteiger partial charge in [0.15, 0.2) is 0 Å². The zero-order valence-corrected chi connectivity index (χ0v) is 9.01. The lowest BCUT2D eigenvalue weighted by molar-refractivity contribution is 0.207. The second-order valence-electron chi connectivity index (χ2n) is 2.77. The molecule has 0 aliphatic carbocycles. The highest BCUT2D eigenvalue weighted by Gasteiger charge is 2.11. The van der Waals surface area contributed by atoms with Crippen molar-refractivity contribution in [2.75, 3.05) is 0 Å². The van der Waals surface area contributed by atoms with Crippen LogP contribution in [0.1, 0.15) is 11.1 Å². The van der Waals surface area contributed by atoms with Crippen LogP contribution in [0.25, 0.3) is 0 Å². The Hall–Kier alpha value is -1.66. The Morgan fingerprint density at radius 1 is 1.50 bits per heavy atom. The first-order valence-corrected chi connectivity index (χ1v) is 4.09. The predicted molar refractivity (Wildman–Crippen MR) is 59.0 cm³/mol. The predicted octanol–water partition coefficient (Wildman–Crippen LogP) is 1.13. The number of hydrogen-bond acceptors (Lipinski definition) is 4. The number of nitrogens with one attached hydrogen (secondary N) is 1. The summed E-state index contributed by atoms with van der Waals surface area (Å²) in [5.74, 6) is -1.30. The van der Waals surface area contributed by atoms with Crippen LogP contribution >= 0.6 is 12.4 Å². The molecule has 5 nitrogen and oxygen atoms in total. The van der Waals surface area contributed by atoms with Gasteiger partial charge in [-0.25, -0.2) is 9.18 Å². The van der Waals surface area contributed by atoms with Crippen molar-refractivity contribution in [3.8, 4) is 0 Å². The largest absolute Gasteiger partial charge is 0.411 e. The quantitative estimate of drug-likeness (QED) is 0.539. The molecule has 0 fully saturated rings. The zero-order chi connectivity index (χ0) is 11.4. The fraction of sp³-hybridized carbons (Fsp3) is 0.111. The fourth-order valence-electron chi connectivity index (χ4n) is 1.03. The number of ether oxygens (including phenoxy) is 1. The normalized spacial score (nSPS) is 9.12. The van der Waals surface area contributed by atoms with Crippen LogP contribution in [0.5, 0.6) is 0 Å². The maximum Gasteiger partial charge on any atom is 0.411 e. The van der Waals surface area contributed by atoms with E-state index in [-0.39, 0.29) is 24.5 Å². The summed E-state index contributed by atoms with van der Waals surface area (Å²) in [6, 6.07) is 4.02. The average molecular weight is 248 g/mol. The van der Waals surface area contributed by atoms with E-state index in [1.807, 2.05) is 0 Å². The standard InChI is InChI=1S/C9H10FN3O2.ClH/c10-7-3-5(4-11)1-2-6(7)8(12)15-9(13)14;/h1-3,12H,4,11H2,(H2,13,14);1H. The van der Waals surface area contributed by atoms with Crippen molar-refractivity contribution in [3.63, 3.8) is 0 Å². The van der Waals surface area contributed by atoms with Gasteiger partial charge in [0.25, 0.3) is 0 Å². The van der Waals surface area contributed by atoms with Gasteiger partial charge in [0.05, 0.1) is 5.56 Å². The molecule has 0 radical (unpaired) electrons. The van der Waals surface area contributed by atoms with Crippen LogP contribution < -0.4 is 11.5 Å². The van der Waals surface area contributed by atoms with Gasteiger partial charge < -0.3 is 16.2 Å². The molecule has 1 rings (SSSR count). The van der Waals surface area contributed by atoms with E-state index in [1.54, 1.807) is 0 Å². The zero-order valence-electron chi connectivity index (χ0n) is 8.20. The number of hydrogen-bond donors (Lipinski definition) is 3. The fourth-order valence-corrected chi connectivity index (χ4v) is 1.03. The number of halogens is 2. The summed E-state index contributed by atoms with van der Waals surface area (Å²) >= 11 is 0. The van der Waals surface area contributed by atoms with E-state index in [1.165, 1.54) is 18.2 Å². The topological polar surface area (TPSA) is 102 Å². The highest BCUT2D eigenvalue weighted by Crippen LogP contribution is 2.11. The minimum atomic E-state index is -1.15. The van der Waals surface area contributed by atoms with Crippen molar-refractivity contribution in [1.82, 2.24) is 0 Å². The van der Waals surface area contributed by atoms with E-state index in [9.17, 15) is 9.18 Å². The van der Waals surface area contributed by atoms with Crippen LogP contribution in [-0.2, 0) is 11.3 Å².